The third-order valence-electron chi connectivity index (χ3n) is 4.44. The van der Waals surface area contributed by atoms with E-state index < -0.39 is 5.91 Å². The lowest BCUT2D eigenvalue weighted by atomic mass is 10.1. The summed E-state index contributed by atoms with van der Waals surface area (Å²) in [4.78, 5) is 37.4. The molecule has 8 heteroatoms. The largest absolute Gasteiger partial charge is 0.459 e. The van der Waals surface area contributed by atoms with Crippen LogP contribution in [0.1, 0.15) is 29.0 Å². The van der Waals surface area contributed by atoms with Crippen LogP contribution in [0, 0.1) is 0 Å². The van der Waals surface area contributed by atoms with Crippen LogP contribution in [0.4, 0.5) is 5.69 Å². The number of hydrogen-bond donors (Lipinski definition) is 3. The molecular weight excluding hydrogens is 348 g/mol. The number of carbonyl (C=O) groups excluding carboxylic acids is 3. The summed E-state index contributed by atoms with van der Waals surface area (Å²) in [7, 11) is 0. The molecule has 2 heterocycles. The molecule has 27 heavy (non-hydrogen) atoms. The smallest absolute Gasteiger partial charge is 0.287 e. The van der Waals surface area contributed by atoms with Crippen LogP contribution in [0.5, 0.6) is 0 Å². The molecular formula is C19H22N4O4. The number of primary amides is 1. The first-order chi connectivity index (χ1) is 13.0. The van der Waals surface area contributed by atoms with Gasteiger partial charge in [-0.3, -0.25) is 19.3 Å². The minimum atomic E-state index is -0.449. The van der Waals surface area contributed by atoms with Gasteiger partial charge in [0.2, 0.25) is 11.8 Å². The number of nitrogens with one attached hydrogen (secondary N) is 2. The van der Waals surface area contributed by atoms with Crippen LogP contribution in [0.15, 0.2) is 47.1 Å². The van der Waals surface area contributed by atoms with Crippen molar-refractivity contribution >= 4 is 23.4 Å². The first-order valence-electron chi connectivity index (χ1n) is 8.77. The summed E-state index contributed by atoms with van der Waals surface area (Å²) in [6.07, 6.45) is 3.12. The number of rotatable bonds is 7. The van der Waals surface area contributed by atoms with E-state index >= 15 is 0 Å². The summed E-state index contributed by atoms with van der Waals surface area (Å²) < 4.78 is 4.97. The average Bonchev–Trinajstić information content (AvgIpc) is 3.32. The normalized spacial score (nSPS) is 16.8. The summed E-state index contributed by atoms with van der Waals surface area (Å²) in [5.41, 5.74) is 7.05. The van der Waals surface area contributed by atoms with E-state index in [2.05, 4.69) is 10.6 Å². The van der Waals surface area contributed by atoms with Crippen molar-refractivity contribution < 1.29 is 18.8 Å². The minimum absolute atomic E-state index is 0.152. The van der Waals surface area contributed by atoms with Gasteiger partial charge in [-0.05, 0) is 49.2 Å². The quantitative estimate of drug-likeness (QED) is 0.674. The lowest BCUT2D eigenvalue weighted by Crippen LogP contribution is -2.39. The predicted octanol–water partition coefficient (Wildman–Crippen LogP) is 1.10. The van der Waals surface area contributed by atoms with Crippen molar-refractivity contribution in [2.75, 3.05) is 18.4 Å². The zero-order valence-electron chi connectivity index (χ0n) is 14.8. The fourth-order valence-corrected chi connectivity index (χ4v) is 3.18. The maximum absolute atomic E-state index is 12.1. The van der Waals surface area contributed by atoms with E-state index in [1.54, 1.807) is 12.1 Å². The first-order valence-corrected chi connectivity index (χ1v) is 8.77. The number of furan rings is 1. The van der Waals surface area contributed by atoms with Crippen LogP contribution in [0.25, 0.3) is 0 Å². The molecule has 0 bridgehead atoms. The molecule has 1 atom stereocenters. The molecule has 0 spiro atoms. The number of nitrogens with zero attached hydrogens (tertiary/aromatic N) is 1. The molecule has 2 aromatic rings. The highest BCUT2D eigenvalue weighted by Gasteiger charge is 2.28. The van der Waals surface area contributed by atoms with Gasteiger partial charge in [-0.25, -0.2) is 0 Å². The molecule has 142 valence electrons. The lowest BCUT2D eigenvalue weighted by Gasteiger charge is -2.22. The van der Waals surface area contributed by atoms with Crippen molar-refractivity contribution in [3.05, 3.63) is 54.0 Å². The fourth-order valence-electron chi connectivity index (χ4n) is 3.18. The third-order valence-corrected chi connectivity index (χ3v) is 4.44. The molecule has 1 aliphatic rings. The number of likely N-dealkylation sites (tertiary alicyclic amines) is 1. The van der Waals surface area contributed by atoms with Gasteiger partial charge in [-0.1, -0.05) is 12.1 Å². The van der Waals surface area contributed by atoms with E-state index in [1.807, 2.05) is 23.1 Å². The molecule has 1 aromatic carbocycles. The molecule has 0 aliphatic carbocycles. The van der Waals surface area contributed by atoms with Crippen molar-refractivity contribution in [3.63, 3.8) is 0 Å². The second kappa shape index (κ2) is 8.50. The lowest BCUT2D eigenvalue weighted by molar-refractivity contribution is -0.122. The van der Waals surface area contributed by atoms with E-state index in [1.165, 1.54) is 12.3 Å². The number of hydrogen-bond acceptors (Lipinski definition) is 5. The van der Waals surface area contributed by atoms with E-state index in [0.29, 0.717) is 12.2 Å². The Morgan fingerprint density at radius 3 is 2.81 bits per heavy atom. The number of anilines is 1. The second-order valence-electron chi connectivity index (χ2n) is 6.44. The Balaban J connectivity index is 1.53. The first kappa shape index (κ1) is 18.7. The summed E-state index contributed by atoms with van der Waals surface area (Å²) in [6, 6.07) is 10.3. The zero-order chi connectivity index (χ0) is 19.2. The second-order valence-corrected chi connectivity index (χ2v) is 6.44. The Bertz CT molecular complexity index is 819. The molecule has 8 nitrogen and oxygen atoms in total. The maximum Gasteiger partial charge on any atom is 0.287 e. The van der Waals surface area contributed by atoms with Crippen molar-refractivity contribution in [1.29, 1.82) is 0 Å². The molecule has 4 N–H and O–H groups in total. The van der Waals surface area contributed by atoms with Crippen LogP contribution in [-0.2, 0) is 16.1 Å². The topological polar surface area (TPSA) is 118 Å². The predicted molar refractivity (Wildman–Crippen MR) is 98.7 cm³/mol. The van der Waals surface area contributed by atoms with Crippen molar-refractivity contribution in [2.45, 2.75) is 25.4 Å². The average molecular weight is 370 g/mol. The highest BCUT2D eigenvalue weighted by atomic mass is 16.3. The van der Waals surface area contributed by atoms with Crippen molar-refractivity contribution in [2.24, 2.45) is 5.73 Å². The highest BCUT2D eigenvalue weighted by Crippen LogP contribution is 2.21. The number of carbonyl (C=O) groups is 3. The molecule has 1 aromatic heterocycles. The number of benzene rings is 1. The van der Waals surface area contributed by atoms with Gasteiger partial charge in [0.25, 0.3) is 5.91 Å². The van der Waals surface area contributed by atoms with Gasteiger partial charge in [0.05, 0.1) is 18.8 Å². The van der Waals surface area contributed by atoms with Gasteiger partial charge in [0.1, 0.15) is 0 Å². The third kappa shape index (κ3) is 4.95. The zero-order valence-corrected chi connectivity index (χ0v) is 14.8. The van der Waals surface area contributed by atoms with E-state index in [9.17, 15) is 14.4 Å². The van der Waals surface area contributed by atoms with Crippen LogP contribution in [0.2, 0.25) is 0 Å². The van der Waals surface area contributed by atoms with E-state index in [-0.39, 0.29) is 30.2 Å². The number of amides is 3. The van der Waals surface area contributed by atoms with Gasteiger partial charge in [0, 0.05) is 12.2 Å². The molecule has 1 aliphatic heterocycles. The van der Waals surface area contributed by atoms with E-state index in [4.69, 9.17) is 10.2 Å². The standard InChI is InChI=1S/C19H22N4O4/c20-18(25)15-6-2-8-23(15)12-13-4-1-5-14(10-13)22-17(24)11-21-19(26)16-7-3-9-27-16/h1,3-5,7,9-10,15H,2,6,8,11-12H2,(H2,20,25)(H,21,26)(H,22,24). The fraction of sp³-hybridized carbons (Fsp3) is 0.316. The maximum atomic E-state index is 12.1. The van der Waals surface area contributed by atoms with Gasteiger partial charge in [-0.15, -0.1) is 0 Å². The summed E-state index contributed by atoms with van der Waals surface area (Å²) in [5, 5.41) is 5.24. The van der Waals surface area contributed by atoms with Crippen LogP contribution in [-0.4, -0.2) is 41.8 Å². The number of nitrogens with two attached hydrogens (primary N) is 1. The molecule has 1 saturated heterocycles. The molecule has 0 saturated carbocycles. The molecule has 3 rings (SSSR count). The Morgan fingerprint density at radius 2 is 2.07 bits per heavy atom. The molecule has 3 amide bonds. The van der Waals surface area contributed by atoms with Crippen molar-refractivity contribution in [3.8, 4) is 0 Å². The molecule has 1 unspecified atom stereocenters. The molecule has 1 fully saturated rings. The monoisotopic (exact) mass is 370 g/mol. The van der Waals surface area contributed by atoms with Gasteiger partial charge in [0.15, 0.2) is 5.76 Å². The summed E-state index contributed by atoms with van der Waals surface area (Å²) in [6.45, 7) is 1.25. The minimum Gasteiger partial charge on any atom is -0.459 e. The van der Waals surface area contributed by atoms with Gasteiger partial charge in [-0.2, -0.15) is 0 Å². The Kier molecular flexibility index (Phi) is 5.87. The summed E-state index contributed by atoms with van der Waals surface area (Å²) in [5.74, 6) is -0.942. The van der Waals surface area contributed by atoms with Crippen LogP contribution >= 0.6 is 0 Å². The SMILES string of the molecule is NC(=O)C1CCCN1Cc1cccc(NC(=O)CNC(=O)c2ccco2)c1. The molecule has 0 radical (unpaired) electrons. The van der Waals surface area contributed by atoms with Crippen LogP contribution < -0.4 is 16.4 Å². The van der Waals surface area contributed by atoms with Crippen LogP contribution in [0.3, 0.4) is 0 Å². The van der Waals surface area contributed by atoms with Crippen molar-refractivity contribution in [1.82, 2.24) is 10.2 Å². The van der Waals surface area contributed by atoms with Gasteiger partial charge < -0.3 is 20.8 Å². The van der Waals surface area contributed by atoms with E-state index in [0.717, 1.165) is 24.9 Å². The highest BCUT2D eigenvalue weighted by molar-refractivity contribution is 5.98. The Labute approximate surface area is 156 Å². The Hall–Kier alpha value is -3.13. The Morgan fingerprint density at radius 1 is 1.22 bits per heavy atom. The van der Waals surface area contributed by atoms with Gasteiger partial charge >= 0.3 is 0 Å². The summed E-state index contributed by atoms with van der Waals surface area (Å²) >= 11 is 0.